The molecule has 0 amide bonds. The zero-order valence-electron chi connectivity index (χ0n) is 9.91. The molecule has 15 heavy (non-hydrogen) atoms. The zero-order chi connectivity index (χ0) is 11.3. The molecular weight excluding hydrogens is 190 g/mol. The van der Waals surface area contributed by atoms with E-state index in [1.807, 2.05) is 18.9 Å². The molecule has 1 fully saturated rings. The molecule has 3 heteroatoms. The van der Waals surface area contributed by atoms with Gasteiger partial charge in [0.25, 0.3) is 0 Å². The summed E-state index contributed by atoms with van der Waals surface area (Å²) in [5.74, 6) is 0.290. The number of rotatable bonds is 5. The molecular formula is C12H23NO2. The Hall–Kier alpha value is -0.410. The van der Waals surface area contributed by atoms with E-state index in [0.717, 1.165) is 25.7 Å². The molecule has 1 N–H and O–H groups in total. The fourth-order valence-electron chi connectivity index (χ4n) is 2.36. The van der Waals surface area contributed by atoms with E-state index in [1.54, 1.807) is 0 Å². The maximum atomic E-state index is 11.5. The van der Waals surface area contributed by atoms with Crippen molar-refractivity contribution in [3.05, 3.63) is 0 Å². The van der Waals surface area contributed by atoms with E-state index in [4.69, 9.17) is 0 Å². The minimum Gasteiger partial charge on any atom is -0.391 e. The molecule has 1 saturated carbocycles. The van der Waals surface area contributed by atoms with Crippen LogP contribution in [0.25, 0.3) is 0 Å². The summed E-state index contributed by atoms with van der Waals surface area (Å²) in [7, 11) is 1.95. The van der Waals surface area contributed by atoms with E-state index in [-0.39, 0.29) is 17.9 Å². The maximum Gasteiger partial charge on any atom is 0.146 e. The van der Waals surface area contributed by atoms with Crippen molar-refractivity contribution in [1.82, 2.24) is 4.90 Å². The summed E-state index contributed by atoms with van der Waals surface area (Å²) in [6, 6.07) is 0.194. The number of aliphatic hydroxyl groups is 1. The molecule has 1 aliphatic carbocycles. The molecule has 0 aromatic rings. The van der Waals surface area contributed by atoms with Crippen LogP contribution in [0.3, 0.4) is 0 Å². The van der Waals surface area contributed by atoms with Crippen LogP contribution in [0.15, 0.2) is 0 Å². The third-order valence-electron chi connectivity index (χ3n) is 3.21. The quantitative estimate of drug-likeness (QED) is 0.754. The number of carbonyl (C=O) groups excluding carboxylic acids is 1. The number of carbonyl (C=O) groups is 1. The van der Waals surface area contributed by atoms with Crippen LogP contribution in [0.2, 0.25) is 0 Å². The summed E-state index contributed by atoms with van der Waals surface area (Å²) in [5, 5.41) is 9.83. The Kier molecular flexibility index (Phi) is 5.26. The van der Waals surface area contributed by atoms with Crippen molar-refractivity contribution in [2.45, 2.75) is 57.6 Å². The van der Waals surface area contributed by atoms with E-state index in [9.17, 15) is 9.90 Å². The molecule has 88 valence electrons. The van der Waals surface area contributed by atoms with Gasteiger partial charge in [-0.05, 0) is 26.3 Å². The van der Waals surface area contributed by atoms with Gasteiger partial charge >= 0.3 is 0 Å². The summed E-state index contributed by atoms with van der Waals surface area (Å²) >= 11 is 0. The number of likely N-dealkylation sites (N-methyl/N-ethyl adjacent to an activating group) is 1. The van der Waals surface area contributed by atoms with Crippen molar-refractivity contribution in [2.75, 3.05) is 13.6 Å². The second-order valence-electron chi connectivity index (χ2n) is 4.62. The first-order valence-electron chi connectivity index (χ1n) is 6.05. The van der Waals surface area contributed by atoms with Crippen molar-refractivity contribution in [1.29, 1.82) is 0 Å². The predicted octanol–water partition coefficient (Wildman–Crippen LogP) is 1.59. The van der Waals surface area contributed by atoms with Crippen molar-refractivity contribution < 1.29 is 9.90 Å². The van der Waals surface area contributed by atoms with Crippen LogP contribution < -0.4 is 0 Å². The van der Waals surface area contributed by atoms with Crippen LogP contribution in [0, 0.1) is 0 Å². The highest BCUT2D eigenvalue weighted by molar-refractivity contribution is 5.80. The van der Waals surface area contributed by atoms with E-state index in [0.29, 0.717) is 13.0 Å². The molecule has 0 spiro atoms. The molecule has 0 radical (unpaired) electrons. The Bertz CT molecular complexity index is 206. The monoisotopic (exact) mass is 213 g/mol. The lowest BCUT2D eigenvalue weighted by atomic mass is 9.91. The van der Waals surface area contributed by atoms with Crippen LogP contribution in [0.5, 0.6) is 0 Å². The largest absolute Gasteiger partial charge is 0.391 e. The molecule has 0 aromatic carbocycles. The first kappa shape index (κ1) is 12.7. The van der Waals surface area contributed by atoms with Gasteiger partial charge in [0.05, 0.1) is 12.6 Å². The number of hydrogen-bond donors (Lipinski definition) is 1. The SMILES string of the molecule is CCCC(=O)CN(C)C1CCCCC1O. The molecule has 3 nitrogen and oxygen atoms in total. The van der Waals surface area contributed by atoms with Gasteiger partial charge in [0.1, 0.15) is 5.78 Å². The van der Waals surface area contributed by atoms with Gasteiger partial charge in [0.15, 0.2) is 0 Å². The van der Waals surface area contributed by atoms with E-state index in [2.05, 4.69) is 0 Å². The van der Waals surface area contributed by atoms with Gasteiger partial charge in [-0.1, -0.05) is 19.8 Å². The zero-order valence-corrected chi connectivity index (χ0v) is 9.91. The van der Waals surface area contributed by atoms with Gasteiger partial charge in [-0.15, -0.1) is 0 Å². The van der Waals surface area contributed by atoms with Crippen LogP contribution >= 0.6 is 0 Å². The summed E-state index contributed by atoms with van der Waals surface area (Å²) in [4.78, 5) is 13.5. The Morgan fingerprint density at radius 1 is 1.40 bits per heavy atom. The molecule has 0 bridgehead atoms. The molecule has 0 saturated heterocycles. The van der Waals surface area contributed by atoms with Crippen molar-refractivity contribution in [2.24, 2.45) is 0 Å². The van der Waals surface area contributed by atoms with Gasteiger partial charge in [-0.25, -0.2) is 0 Å². The van der Waals surface area contributed by atoms with E-state index >= 15 is 0 Å². The Balaban J connectivity index is 2.37. The smallest absolute Gasteiger partial charge is 0.146 e. The molecule has 0 aromatic heterocycles. The summed E-state index contributed by atoms with van der Waals surface area (Å²) in [6.45, 7) is 2.52. The molecule has 1 aliphatic rings. The van der Waals surface area contributed by atoms with Crippen LogP contribution in [0.1, 0.15) is 45.4 Å². The van der Waals surface area contributed by atoms with Gasteiger partial charge in [-0.3, -0.25) is 9.69 Å². The summed E-state index contributed by atoms with van der Waals surface area (Å²) in [6.07, 6.45) is 5.54. The van der Waals surface area contributed by atoms with Gasteiger partial charge in [-0.2, -0.15) is 0 Å². The predicted molar refractivity (Wildman–Crippen MR) is 60.8 cm³/mol. The lowest BCUT2D eigenvalue weighted by Gasteiger charge is -2.34. The van der Waals surface area contributed by atoms with Crippen LogP contribution in [-0.4, -0.2) is 41.5 Å². The highest BCUT2D eigenvalue weighted by Crippen LogP contribution is 2.22. The first-order valence-corrected chi connectivity index (χ1v) is 6.05. The molecule has 1 rings (SSSR count). The normalized spacial score (nSPS) is 26.9. The minimum atomic E-state index is -0.238. The number of ketones is 1. The molecule has 2 atom stereocenters. The standard InChI is InChI=1S/C12H23NO2/c1-3-6-10(14)9-13(2)11-7-4-5-8-12(11)15/h11-12,15H,3-9H2,1-2H3. The molecule has 2 unspecified atom stereocenters. The van der Waals surface area contributed by atoms with Crippen molar-refractivity contribution in [3.63, 3.8) is 0 Å². The number of hydrogen-bond acceptors (Lipinski definition) is 3. The van der Waals surface area contributed by atoms with Gasteiger partial charge in [0, 0.05) is 12.5 Å². The van der Waals surface area contributed by atoms with E-state index in [1.165, 1.54) is 6.42 Å². The number of aliphatic hydroxyl groups excluding tert-OH is 1. The highest BCUT2D eigenvalue weighted by atomic mass is 16.3. The van der Waals surface area contributed by atoms with Gasteiger partial charge in [0.2, 0.25) is 0 Å². The number of nitrogens with zero attached hydrogens (tertiary/aromatic N) is 1. The fourth-order valence-corrected chi connectivity index (χ4v) is 2.36. The summed E-state index contributed by atoms with van der Waals surface area (Å²) in [5.41, 5.74) is 0. The topological polar surface area (TPSA) is 40.5 Å². The lowest BCUT2D eigenvalue weighted by Crippen LogP contribution is -2.45. The Morgan fingerprint density at radius 3 is 2.67 bits per heavy atom. The van der Waals surface area contributed by atoms with Crippen LogP contribution in [-0.2, 0) is 4.79 Å². The lowest BCUT2D eigenvalue weighted by molar-refractivity contribution is -0.121. The second kappa shape index (κ2) is 6.23. The van der Waals surface area contributed by atoms with E-state index < -0.39 is 0 Å². The Labute approximate surface area is 92.5 Å². The van der Waals surface area contributed by atoms with Crippen molar-refractivity contribution in [3.8, 4) is 0 Å². The second-order valence-corrected chi connectivity index (χ2v) is 4.62. The average Bonchev–Trinajstić information content (AvgIpc) is 2.18. The third kappa shape index (κ3) is 3.92. The van der Waals surface area contributed by atoms with Gasteiger partial charge < -0.3 is 5.11 Å². The average molecular weight is 213 g/mol. The molecule has 0 aliphatic heterocycles. The third-order valence-corrected chi connectivity index (χ3v) is 3.21. The summed E-state index contributed by atoms with van der Waals surface area (Å²) < 4.78 is 0. The number of Topliss-reactive ketones (excluding diaryl/α,β-unsaturated/α-hetero) is 1. The molecule has 0 heterocycles. The highest BCUT2D eigenvalue weighted by Gasteiger charge is 2.27. The fraction of sp³-hybridized carbons (Fsp3) is 0.917. The first-order chi connectivity index (χ1) is 7.15. The van der Waals surface area contributed by atoms with Crippen LogP contribution in [0.4, 0.5) is 0 Å². The van der Waals surface area contributed by atoms with Crippen molar-refractivity contribution >= 4 is 5.78 Å². The maximum absolute atomic E-state index is 11.5. The minimum absolute atomic E-state index is 0.194. The Morgan fingerprint density at radius 2 is 2.07 bits per heavy atom.